The van der Waals surface area contributed by atoms with Crippen molar-refractivity contribution in [1.29, 1.82) is 0 Å². The fraction of sp³-hybridized carbons (Fsp3) is 1.00. The van der Waals surface area contributed by atoms with Crippen molar-refractivity contribution in [2.45, 2.75) is 12.2 Å². The van der Waals surface area contributed by atoms with Gasteiger partial charge in [-0.2, -0.15) is 0 Å². The number of hydrogen-bond donors (Lipinski definition) is 0. The average Bonchev–Trinajstić information content (AvgIpc) is 1.37. The van der Waals surface area contributed by atoms with Crippen LogP contribution in [0.2, 0.25) is 5.28 Å². The van der Waals surface area contributed by atoms with Crippen LogP contribution in [-0.2, 0) is 0 Å². The van der Waals surface area contributed by atoms with E-state index in [0.29, 0.717) is 0 Å². The summed E-state index contributed by atoms with van der Waals surface area (Å²) in [7, 11) is 5.27. The summed E-state index contributed by atoms with van der Waals surface area (Å²) in [6.45, 7) is 2.09. The van der Waals surface area contributed by atoms with Gasteiger partial charge in [0.1, 0.15) is 0 Å². The predicted octanol–water partition coefficient (Wildman–Crippen LogP) is 1.28. The van der Waals surface area contributed by atoms with E-state index in [1.165, 1.54) is 5.28 Å². The van der Waals surface area contributed by atoms with Crippen molar-refractivity contribution in [1.82, 2.24) is 0 Å². The summed E-state index contributed by atoms with van der Waals surface area (Å²) in [4.78, 5) is 0. The molecular weight excluding hydrogens is 86.5 g/mol. The van der Waals surface area contributed by atoms with Gasteiger partial charge in [-0.05, 0) is 0 Å². The van der Waals surface area contributed by atoms with Crippen molar-refractivity contribution in [3.05, 3.63) is 0 Å². The molecule has 0 bridgehead atoms. The van der Waals surface area contributed by atoms with E-state index >= 15 is 0 Å². The van der Waals surface area contributed by atoms with Crippen LogP contribution in [0.5, 0.6) is 0 Å². The van der Waals surface area contributed by atoms with Crippen molar-refractivity contribution >= 4 is 24.3 Å². The van der Waals surface area contributed by atoms with Gasteiger partial charge in [-0.15, -0.1) is 0 Å². The van der Waals surface area contributed by atoms with Gasteiger partial charge >= 0.3 is 36.6 Å². The van der Waals surface area contributed by atoms with Crippen molar-refractivity contribution in [2.24, 2.45) is 0 Å². The van der Waals surface area contributed by atoms with Crippen molar-refractivity contribution in [3.8, 4) is 0 Å². The molecule has 0 spiro atoms. The summed E-state index contributed by atoms with van der Waals surface area (Å²) in [5.41, 5.74) is 0. The molecule has 0 unspecified atom stereocenters. The first kappa shape index (κ1) is 4.82. The van der Waals surface area contributed by atoms with Gasteiger partial charge in [0.05, 0.1) is 0 Å². The molecule has 4 heavy (non-hydrogen) atoms. The standard InChI is InChI=1S/C2H5.Al.ClH/c1-2;;/h1H2,2H3;;1H/q;+2;/p-1. The average molecular weight is 91.5 g/mol. The zero-order valence-electron chi connectivity index (χ0n) is 2.66. The fourth-order valence-electron chi connectivity index (χ4n) is 0. The molecule has 0 nitrogen and oxygen atoms in total. The summed E-state index contributed by atoms with van der Waals surface area (Å²) in [5, 5.41) is 1.17. The molecule has 0 atom stereocenters. The summed E-state index contributed by atoms with van der Waals surface area (Å²) in [6, 6.07) is 0. The van der Waals surface area contributed by atoms with Crippen LogP contribution in [-0.4, -0.2) is 14.3 Å². The van der Waals surface area contributed by atoms with E-state index in [-0.39, 0.29) is 14.3 Å². The number of hydrogen-bond acceptors (Lipinski definition) is 0. The normalized spacial score (nSPS) is 5.50. The van der Waals surface area contributed by atoms with Gasteiger partial charge in [0.2, 0.25) is 0 Å². The topological polar surface area (TPSA) is 0 Å². The van der Waals surface area contributed by atoms with Crippen LogP contribution in [0, 0.1) is 0 Å². The van der Waals surface area contributed by atoms with Crippen molar-refractivity contribution in [2.75, 3.05) is 0 Å². The van der Waals surface area contributed by atoms with Gasteiger partial charge in [0.25, 0.3) is 0 Å². The molecule has 2 heteroatoms. The van der Waals surface area contributed by atoms with Crippen molar-refractivity contribution < 1.29 is 0 Å². The van der Waals surface area contributed by atoms with Crippen LogP contribution in [0.15, 0.2) is 0 Å². The van der Waals surface area contributed by atoms with E-state index in [1.807, 2.05) is 0 Å². The minimum absolute atomic E-state index is 0.255. The molecule has 0 aliphatic carbocycles. The Morgan fingerprint density at radius 3 is 2.25 bits per heavy atom. The zero-order valence-corrected chi connectivity index (χ0v) is 4.57. The molecular formula is C2H5AlCl+. The maximum atomic E-state index is 5.27. The Morgan fingerprint density at radius 1 is 2.00 bits per heavy atom. The quantitative estimate of drug-likeness (QED) is 0.427. The fourth-order valence-corrected chi connectivity index (χ4v) is 0. The van der Waals surface area contributed by atoms with Crippen LogP contribution in [0.3, 0.4) is 0 Å². The number of halogens is 1. The van der Waals surface area contributed by atoms with Gasteiger partial charge in [0.15, 0.2) is 0 Å². The van der Waals surface area contributed by atoms with Gasteiger partial charge in [0, 0.05) is 0 Å². The molecule has 0 radical (unpaired) electrons. The van der Waals surface area contributed by atoms with E-state index in [1.54, 1.807) is 0 Å². The predicted molar refractivity (Wildman–Crippen MR) is 22.1 cm³/mol. The second kappa shape index (κ2) is 3.82. The van der Waals surface area contributed by atoms with Crippen molar-refractivity contribution in [3.63, 3.8) is 0 Å². The van der Waals surface area contributed by atoms with Crippen LogP contribution >= 0.6 is 10.0 Å². The van der Waals surface area contributed by atoms with E-state index in [0.717, 1.165) is 0 Å². The van der Waals surface area contributed by atoms with Crippen LogP contribution < -0.4 is 0 Å². The van der Waals surface area contributed by atoms with Gasteiger partial charge in [-0.3, -0.25) is 0 Å². The summed E-state index contributed by atoms with van der Waals surface area (Å²) in [6.07, 6.45) is 0. The summed E-state index contributed by atoms with van der Waals surface area (Å²) in [5.74, 6) is 0. The molecule has 0 saturated carbocycles. The Hall–Kier alpha value is 0.822. The van der Waals surface area contributed by atoms with Crippen LogP contribution in [0.1, 0.15) is 6.92 Å². The van der Waals surface area contributed by atoms with Gasteiger partial charge in [-0.25, -0.2) is 0 Å². The molecule has 0 heterocycles. The second-order valence-corrected chi connectivity index (χ2v) is 2.61. The molecule has 0 aromatic rings. The Labute approximate surface area is 37.1 Å². The first-order valence-electron chi connectivity index (χ1n) is 1.33. The maximum absolute atomic E-state index is 5.27. The molecule has 0 N–H and O–H groups in total. The molecule has 0 fully saturated rings. The number of rotatable bonds is 1. The Kier molecular flexibility index (Phi) is 4.61. The molecule has 0 amide bonds. The van der Waals surface area contributed by atoms with Gasteiger partial charge in [-0.1, -0.05) is 0 Å². The second-order valence-electron chi connectivity index (χ2n) is 0.563. The van der Waals surface area contributed by atoms with E-state index in [4.69, 9.17) is 10.0 Å². The monoisotopic (exact) mass is 91.0 g/mol. The third-order valence-corrected chi connectivity index (χ3v) is 1.39. The Morgan fingerprint density at radius 2 is 2.25 bits per heavy atom. The SMILES string of the molecule is C[CH2][Al+][Cl]. The molecule has 22 valence electrons. The van der Waals surface area contributed by atoms with E-state index in [2.05, 4.69) is 6.92 Å². The molecule has 0 aliphatic rings. The zero-order chi connectivity index (χ0) is 3.41. The molecule has 0 saturated heterocycles. The van der Waals surface area contributed by atoms with Crippen LogP contribution in [0.4, 0.5) is 0 Å². The minimum atomic E-state index is 0.255. The van der Waals surface area contributed by atoms with Gasteiger partial charge < -0.3 is 0 Å². The molecule has 0 aromatic heterocycles. The Balaban J connectivity index is 1.97. The third kappa shape index (κ3) is 2.82. The Bertz CT molecular complexity index is 8.00. The van der Waals surface area contributed by atoms with Crippen LogP contribution in [0.25, 0.3) is 0 Å². The molecule has 0 aliphatic heterocycles. The van der Waals surface area contributed by atoms with E-state index < -0.39 is 0 Å². The first-order chi connectivity index (χ1) is 1.91. The summed E-state index contributed by atoms with van der Waals surface area (Å²) >= 11 is 0.255. The third-order valence-electron chi connectivity index (χ3n) is 0.154. The summed E-state index contributed by atoms with van der Waals surface area (Å²) < 4.78 is 0. The molecule has 0 aromatic carbocycles. The van der Waals surface area contributed by atoms with E-state index in [9.17, 15) is 0 Å². The first-order valence-corrected chi connectivity index (χ1v) is 3.90. The molecule has 0 rings (SSSR count).